The molecule has 1 aromatic rings. The molecule has 1 aromatic carbocycles. The Morgan fingerprint density at radius 1 is 1.33 bits per heavy atom. The summed E-state index contributed by atoms with van der Waals surface area (Å²) in [5.74, 6) is 0.0187. The van der Waals surface area contributed by atoms with Gasteiger partial charge in [-0.05, 0) is 37.8 Å². The zero-order valence-electron chi connectivity index (χ0n) is 14.9. The highest BCUT2D eigenvalue weighted by Gasteiger charge is 2.48. The molecule has 132 valence electrons. The summed E-state index contributed by atoms with van der Waals surface area (Å²) in [6.45, 7) is 6.78. The fourth-order valence-corrected chi connectivity index (χ4v) is 2.96. The van der Waals surface area contributed by atoms with E-state index in [0.717, 1.165) is 16.9 Å². The second-order valence-electron chi connectivity index (χ2n) is 7.35. The van der Waals surface area contributed by atoms with Crippen molar-refractivity contribution in [1.82, 2.24) is 10.2 Å². The molecule has 0 bridgehead atoms. The van der Waals surface area contributed by atoms with E-state index in [1.165, 1.54) is 17.0 Å². The molecule has 0 saturated carbocycles. The minimum atomic E-state index is -0.819. The van der Waals surface area contributed by atoms with Gasteiger partial charge in [0.15, 0.2) is 6.67 Å². The van der Waals surface area contributed by atoms with Crippen LogP contribution in [0.2, 0.25) is 0 Å². The normalized spacial score (nSPS) is 22.2. The lowest BCUT2D eigenvalue weighted by atomic mass is 9.92. The standard InChI is InChI=1S/C18H26FN3O2/c1-13(2)8-9-18(3)16(23)22(17(24)20-18)12-21(4)11-14-6-5-7-15(19)10-14/h5-7,10,13H,8-9,11-12H2,1-4H3,(H,20,24)/p+1/t18-/m0/s1. The molecule has 6 heteroatoms. The number of benzene rings is 1. The first-order valence-corrected chi connectivity index (χ1v) is 8.41. The first-order valence-electron chi connectivity index (χ1n) is 8.41. The maximum absolute atomic E-state index is 13.3. The molecule has 24 heavy (non-hydrogen) atoms. The number of quaternary nitrogens is 1. The van der Waals surface area contributed by atoms with Gasteiger partial charge in [-0.3, -0.25) is 4.79 Å². The summed E-state index contributed by atoms with van der Waals surface area (Å²) < 4.78 is 13.3. The highest BCUT2D eigenvalue weighted by atomic mass is 19.1. The van der Waals surface area contributed by atoms with Crippen molar-refractivity contribution in [2.75, 3.05) is 13.7 Å². The second-order valence-corrected chi connectivity index (χ2v) is 7.35. The number of halogens is 1. The fraction of sp³-hybridized carbons (Fsp3) is 0.556. The molecular weight excluding hydrogens is 309 g/mol. The molecule has 2 rings (SSSR count). The summed E-state index contributed by atoms with van der Waals surface area (Å²) in [7, 11) is 1.88. The summed E-state index contributed by atoms with van der Waals surface area (Å²) in [6.07, 6.45) is 1.51. The Morgan fingerprint density at radius 2 is 2.04 bits per heavy atom. The fourth-order valence-electron chi connectivity index (χ4n) is 2.96. The van der Waals surface area contributed by atoms with Crippen LogP contribution in [-0.4, -0.2) is 36.1 Å². The lowest BCUT2D eigenvalue weighted by molar-refractivity contribution is -0.901. The number of urea groups is 1. The number of rotatable bonds is 7. The average Bonchev–Trinajstić information content (AvgIpc) is 2.69. The highest BCUT2D eigenvalue weighted by molar-refractivity contribution is 6.06. The predicted octanol–water partition coefficient (Wildman–Crippen LogP) is 1.54. The molecule has 1 heterocycles. The summed E-state index contributed by atoms with van der Waals surface area (Å²) in [5.41, 5.74) is 0.0163. The minimum Gasteiger partial charge on any atom is -0.323 e. The van der Waals surface area contributed by atoms with Gasteiger partial charge in [0, 0.05) is 5.56 Å². The first kappa shape index (κ1) is 18.4. The van der Waals surface area contributed by atoms with Crippen LogP contribution in [-0.2, 0) is 11.3 Å². The SMILES string of the molecule is CC(C)CC[C@]1(C)NC(=O)N(C[NH+](C)Cc2cccc(F)c2)C1=O. The molecule has 1 aliphatic rings. The third-order valence-corrected chi connectivity index (χ3v) is 4.39. The maximum atomic E-state index is 13.3. The van der Waals surface area contributed by atoms with E-state index in [9.17, 15) is 14.0 Å². The molecule has 1 unspecified atom stereocenters. The number of nitrogens with zero attached hydrogens (tertiary/aromatic N) is 1. The molecule has 1 aliphatic heterocycles. The molecule has 0 aromatic heterocycles. The number of imide groups is 1. The quantitative estimate of drug-likeness (QED) is 0.742. The van der Waals surface area contributed by atoms with Crippen LogP contribution in [0.15, 0.2) is 24.3 Å². The van der Waals surface area contributed by atoms with Gasteiger partial charge in [0.1, 0.15) is 17.9 Å². The van der Waals surface area contributed by atoms with Gasteiger partial charge in [-0.1, -0.05) is 26.0 Å². The van der Waals surface area contributed by atoms with Crippen LogP contribution in [0.3, 0.4) is 0 Å². The van der Waals surface area contributed by atoms with Gasteiger partial charge in [0.05, 0.1) is 7.05 Å². The van der Waals surface area contributed by atoms with Crippen LogP contribution < -0.4 is 10.2 Å². The van der Waals surface area contributed by atoms with Crippen molar-refractivity contribution < 1.29 is 18.9 Å². The van der Waals surface area contributed by atoms with Gasteiger partial charge in [-0.2, -0.15) is 0 Å². The second kappa shape index (κ2) is 7.30. The topological polar surface area (TPSA) is 53.9 Å². The minimum absolute atomic E-state index is 0.174. The molecule has 0 radical (unpaired) electrons. The summed E-state index contributed by atoms with van der Waals surface area (Å²) in [5, 5.41) is 2.83. The number of hydrogen-bond acceptors (Lipinski definition) is 2. The summed E-state index contributed by atoms with van der Waals surface area (Å²) in [4.78, 5) is 27.1. The Balaban J connectivity index is 1.98. The highest BCUT2D eigenvalue weighted by Crippen LogP contribution is 2.24. The van der Waals surface area contributed by atoms with Crippen LogP contribution >= 0.6 is 0 Å². The van der Waals surface area contributed by atoms with E-state index in [1.54, 1.807) is 13.0 Å². The monoisotopic (exact) mass is 336 g/mol. The molecule has 0 spiro atoms. The van der Waals surface area contributed by atoms with Gasteiger partial charge in [-0.25, -0.2) is 14.1 Å². The van der Waals surface area contributed by atoms with Gasteiger partial charge in [-0.15, -0.1) is 0 Å². The lowest BCUT2D eigenvalue weighted by Gasteiger charge is -2.23. The number of hydrogen-bond donors (Lipinski definition) is 2. The van der Waals surface area contributed by atoms with E-state index in [1.807, 2.05) is 13.1 Å². The average molecular weight is 336 g/mol. The largest absolute Gasteiger partial charge is 0.329 e. The Hall–Kier alpha value is -1.95. The van der Waals surface area contributed by atoms with Gasteiger partial charge in [0.25, 0.3) is 5.91 Å². The number of nitrogens with one attached hydrogen (secondary N) is 2. The smallest absolute Gasteiger partial charge is 0.323 e. The number of amides is 3. The zero-order valence-corrected chi connectivity index (χ0v) is 14.9. The van der Waals surface area contributed by atoms with E-state index >= 15 is 0 Å². The molecule has 2 N–H and O–H groups in total. The number of carbonyl (C=O) groups is 2. The Labute approximate surface area is 142 Å². The van der Waals surface area contributed by atoms with Crippen molar-refractivity contribution in [2.45, 2.75) is 45.7 Å². The number of carbonyl (C=O) groups excluding carboxylic acids is 2. The Morgan fingerprint density at radius 3 is 2.67 bits per heavy atom. The van der Waals surface area contributed by atoms with Crippen molar-refractivity contribution in [3.05, 3.63) is 35.6 Å². The van der Waals surface area contributed by atoms with Crippen LogP contribution in [0.25, 0.3) is 0 Å². The van der Waals surface area contributed by atoms with Crippen molar-refractivity contribution in [2.24, 2.45) is 5.92 Å². The Bertz CT molecular complexity index is 620. The molecule has 3 amide bonds. The van der Waals surface area contributed by atoms with Gasteiger partial charge < -0.3 is 10.2 Å². The van der Waals surface area contributed by atoms with E-state index < -0.39 is 5.54 Å². The first-order chi connectivity index (χ1) is 11.2. The Kier molecular flexibility index (Phi) is 5.59. The third-order valence-electron chi connectivity index (χ3n) is 4.39. The summed E-state index contributed by atoms with van der Waals surface area (Å²) >= 11 is 0. The van der Waals surface area contributed by atoms with Crippen molar-refractivity contribution in [3.8, 4) is 0 Å². The summed E-state index contributed by atoms with van der Waals surface area (Å²) in [6, 6.07) is 6.03. The third kappa shape index (κ3) is 4.32. The van der Waals surface area contributed by atoms with Gasteiger partial charge in [0.2, 0.25) is 0 Å². The zero-order chi connectivity index (χ0) is 17.9. The molecule has 5 nitrogen and oxygen atoms in total. The molecule has 2 atom stereocenters. The van der Waals surface area contributed by atoms with Crippen molar-refractivity contribution >= 4 is 11.9 Å². The van der Waals surface area contributed by atoms with Gasteiger partial charge >= 0.3 is 6.03 Å². The van der Waals surface area contributed by atoms with Crippen LogP contribution in [0.5, 0.6) is 0 Å². The lowest BCUT2D eigenvalue weighted by Crippen LogP contribution is -3.09. The van der Waals surface area contributed by atoms with E-state index in [2.05, 4.69) is 19.2 Å². The van der Waals surface area contributed by atoms with Crippen molar-refractivity contribution in [1.29, 1.82) is 0 Å². The van der Waals surface area contributed by atoms with E-state index in [-0.39, 0.29) is 24.4 Å². The van der Waals surface area contributed by atoms with E-state index in [0.29, 0.717) is 18.9 Å². The van der Waals surface area contributed by atoms with E-state index in [4.69, 9.17) is 0 Å². The van der Waals surface area contributed by atoms with Crippen LogP contribution in [0.1, 0.15) is 39.2 Å². The molecular formula is C18H27FN3O2+. The maximum Gasteiger partial charge on any atom is 0.329 e. The molecule has 0 aliphatic carbocycles. The van der Waals surface area contributed by atoms with Crippen molar-refractivity contribution in [3.63, 3.8) is 0 Å². The van der Waals surface area contributed by atoms with Crippen LogP contribution in [0.4, 0.5) is 9.18 Å². The molecule has 1 fully saturated rings. The molecule has 1 saturated heterocycles. The van der Waals surface area contributed by atoms with Crippen LogP contribution in [0, 0.1) is 11.7 Å². The predicted molar refractivity (Wildman–Crippen MR) is 89.7 cm³/mol.